The first-order valence-corrected chi connectivity index (χ1v) is 7.19. The number of para-hydroxylation sites is 2. The summed E-state index contributed by atoms with van der Waals surface area (Å²) in [5.74, 6) is 0. The van der Waals surface area contributed by atoms with Crippen molar-refractivity contribution >= 4 is 22.8 Å². The Morgan fingerprint density at radius 3 is 2.48 bits per heavy atom. The van der Waals surface area contributed by atoms with E-state index in [1.807, 2.05) is 36.5 Å². The van der Waals surface area contributed by atoms with E-state index in [2.05, 4.69) is 59.4 Å². The first-order chi connectivity index (χ1) is 10.3. The van der Waals surface area contributed by atoms with Crippen LogP contribution in [0.5, 0.6) is 0 Å². The Balaban J connectivity index is 1.90. The minimum Gasteiger partial charge on any atom is -0.344 e. The number of rotatable bonds is 4. The molecule has 0 atom stereocenters. The van der Waals surface area contributed by atoms with Crippen LogP contribution in [0.25, 0.3) is 10.9 Å². The van der Waals surface area contributed by atoms with E-state index in [0.717, 1.165) is 11.3 Å². The van der Waals surface area contributed by atoms with Crippen molar-refractivity contribution in [1.82, 2.24) is 4.57 Å². The highest BCUT2D eigenvalue weighted by atomic mass is 15.3. The minimum atomic E-state index is 0.430. The highest BCUT2D eigenvalue weighted by Gasteiger charge is 2.08. The van der Waals surface area contributed by atoms with E-state index in [9.17, 15) is 0 Å². The lowest BCUT2D eigenvalue weighted by atomic mass is 10.2. The van der Waals surface area contributed by atoms with Gasteiger partial charge in [0.15, 0.2) is 0 Å². The van der Waals surface area contributed by atoms with Crippen LogP contribution in [0.2, 0.25) is 0 Å². The van der Waals surface area contributed by atoms with Gasteiger partial charge in [0.05, 0.1) is 11.9 Å². The molecule has 1 N–H and O–H groups in total. The van der Waals surface area contributed by atoms with Gasteiger partial charge < -0.3 is 4.57 Å². The van der Waals surface area contributed by atoms with Crippen LogP contribution < -0.4 is 5.43 Å². The van der Waals surface area contributed by atoms with Crippen molar-refractivity contribution in [2.45, 2.75) is 19.9 Å². The molecule has 3 aromatic rings. The van der Waals surface area contributed by atoms with Gasteiger partial charge in [0.2, 0.25) is 0 Å². The average molecular weight is 277 g/mol. The average Bonchev–Trinajstić information content (AvgIpc) is 2.88. The summed E-state index contributed by atoms with van der Waals surface area (Å²) < 4.78 is 2.28. The molecule has 2 aromatic carbocycles. The van der Waals surface area contributed by atoms with Gasteiger partial charge in [0.1, 0.15) is 0 Å². The standard InChI is InChI=1S/C18H19N3/c1-14(2)21-13-15(17-10-6-7-11-18(17)21)12-19-20-16-8-4-3-5-9-16/h3-14,20H,1-2H3/b19-12+. The second kappa shape index (κ2) is 5.83. The van der Waals surface area contributed by atoms with Gasteiger partial charge in [-0.1, -0.05) is 36.4 Å². The van der Waals surface area contributed by atoms with Gasteiger partial charge in [0.25, 0.3) is 0 Å². The summed E-state index contributed by atoms with van der Waals surface area (Å²) in [5.41, 5.74) is 6.42. The van der Waals surface area contributed by atoms with Crippen LogP contribution in [0, 0.1) is 0 Å². The molecule has 106 valence electrons. The van der Waals surface area contributed by atoms with Crippen molar-refractivity contribution in [2.75, 3.05) is 5.43 Å². The van der Waals surface area contributed by atoms with Gasteiger partial charge in [-0.3, -0.25) is 5.43 Å². The monoisotopic (exact) mass is 277 g/mol. The molecular formula is C18H19N3. The van der Waals surface area contributed by atoms with Gasteiger partial charge >= 0.3 is 0 Å². The number of benzene rings is 2. The van der Waals surface area contributed by atoms with Gasteiger partial charge in [-0.15, -0.1) is 0 Å². The Morgan fingerprint density at radius 2 is 1.71 bits per heavy atom. The molecule has 1 aromatic heterocycles. The fraction of sp³-hybridized carbons (Fsp3) is 0.167. The third-order valence-electron chi connectivity index (χ3n) is 3.50. The zero-order valence-corrected chi connectivity index (χ0v) is 12.3. The van der Waals surface area contributed by atoms with Crippen LogP contribution in [0.15, 0.2) is 65.9 Å². The van der Waals surface area contributed by atoms with Crippen molar-refractivity contribution in [1.29, 1.82) is 0 Å². The molecule has 0 saturated heterocycles. The molecule has 3 heteroatoms. The maximum atomic E-state index is 4.35. The van der Waals surface area contributed by atoms with E-state index in [1.165, 1.54) is 10.9 Å². The molecule has 3 rings (SSSR count). The number of fused-ring (bicyclic) bond motifs is 1. The van der Waals surface area contributed by atoms with E-state index < -0.39 is 0 Å². The zero-order valence-electron chi connectivity index (χ0n) is 12.3. The summed E-state index contributed by atoms with van der Waals surface area (Å²) in [5, 5.41) is 5.57. The number of hydrazone groups is 1. The normalized spacial score (nSPS) is 11.6. The third kappa shape index (κ3) is 2.82. The van der Waals surface area contributed by atoms with E-state index in [-0.39, 0.29) is 0 Å². The Kier molecular flexibility index (Phi) is 3.73. The van der Waals surface area contributed by atoms with Gasteiger partial charge in [-0.2, -0.15) is 5.10 Å². The van der Waals surface area contributed by atoms with E-state index in [1.54, 1.807) is 0 Å². The summed E-state index contributed by atoms with van der Waals surface area (Å²) in [7, 11) is 0. The number of hydrogen-bond donors (Lipinski definition) is 1. The number of nitrogens with one attached hydrogen (secondary N) is 1. The SMILES string of the molecule is CC(C)n1cc(/C=N/Nc2ccccc2)c2ccccc21. The Morgan fingerprint density at radius 1 is 1.00 bits per heavy atom. The molecule has 0 amide bonds. The molecular weight excluding hydrogens is 258 g/mol. The minimum absolute atomic E-state index is 0.430. The Labute approximate surface area is 124 Å². The van der Waals surface area contributed by atoms with E-state index >= 15 is 0 Å². The maximum absolute atomic E-state index is 4.35. The van der Waals surface area contributed by atoms with Crippen molar-refractivity contribution in [3.05, 3.63) is 66.4 Å². The number of hydrogen-bond acceptors (Lipinski definition) is 2. The molecule has 0 bridgehead atoms. The topological polar surface area (TPSA) is 29.3 Å². The molecule has 0 fully saturated rings. The molecule has 0 saturated carbocycles. The maximum Gasteiger partial charge on any atom is 0.0566 e. The van der Waals surface area contributed by atoms with E-state index in [4.69, 9.17) is 0 Å². The number of aromatic nitrogens is 1. The number of nitrogens with zero attached hydrogens (tertiary/aromatic N) is 2. The van der Waals surface area contributed by atoms with Crippen LogP contribution in [0.4, 0.5) is 5.69 Å². The largest absolute Gasteiger partial charge is 0.344 e. The fourth-order valence-electron chi connectivity index (χ4n) is 2.45. The molecule has 0 unspecified atom stereocenters. The Bertz CT molecular complexity index is 754. The lowest BCUT2D eigenvalue weighted by Gasteiger charge is -2.08. The summed E-state index contributed by atoms with van der Waals surface area (Å²) >= 11 is 0. The molecule has 0 radical (unpaired) electrons. The van der Waals surface area contributed by atoms with Crippen LogP contribution >= 0.6 is 0 Å². The Hall–Kier alpha value is -2.55. The van der Waals surface area contributed by atoms with Crippen molar-refractivity contribution in [2.24, 2.45) is 5.10 Å². The van der Waals surface area contributed by atoms with Crippen LogP contribution in [0.1, 0.15) is 25.5 Å². The van der Waals surface area contributed by atoms with Gasteiger partial charge in [-0.05, 0) is 32.0 Å². The summed E-state index contributed by atoms with van der Waals surface area (Å²) in [6.07, 6.45) is 4.04. The predicted molar refractivity (Wildman–Crippen MR) is 90.0 cm³/mol. The molecule has 1 heterocycles. The first kappa shape index (κ1) is 13.4. The third-order valence-corrected chi connectivity index (χ3v) is 3.50. The summed E-state index contributed by atoms with van der Waals surface area (Å²) in [4.78, 5) is 0. The highest BCUT2D eigenvalue weighted by Crippen LogP contribution is 2.23. The van der Waals surface area contributed by atoms with Crippen LogP contribution in [-0.4, -0.2) is 10.8 Å². The molecule has 0 spiro atoms. The zero-order chi connectivity index (χ0) is 14.7. The van der Waals surface area contributed by atoms with Crippen molar-refractivity contribution in [3.63, 3.8) is 0 Å². The lowest BCUT2D eigenvalue weighted by Crippen LogP contribution is -1.97. The molecule has 0 aliphatic carbocycles. The summed E-state index contributed by atoms with van der Waals surface area (Å²) in [6.45, 7) is 4.38. The molecule has 0 aliphatic heterocycles. The second-order valence-corrected chi connectivity index (χ2v) is 5.34. The fourth-order valence-corrected chi connectivity index (χ4v) is 2.45. The van der Waals surface area contributed by atoms with Gasteiger partial charge in [-0.25, -0.2) is 0 Å². The first-order valence-electron chi connectivity index (χ1n) is 7.19. The predicted octanol–water partition coefficient (Wildman–Crippen LogP) is 4.67. The lowest BCUT2D eigenvalue weighted by molar-refractivity contribution is 0.623. The molecule has 21 heavy (non-hydrogen) atoms. The van der Waals surface area contributed by atoms with Crippen LogP contribution in [0.3, 0.4) is 0 Å². The van der Waals surface area contributed by atoms with Crippen molar-refractivity contribution in [3.8, 4) is 0 Å². The number of anilines is 1. The molecule has 0 aliphatic rings. The highest BCUT2D eigenvalue weighted by molar-refractivity contribution is 5.99. The second-order valence-electron chi connectivity index (χ2n) is 5.34. The quantitative estimate of drug-likeness (QED) is 0.545. The molecule has 3 nitrogen and oxygen atoms in total. The van der Waals surface area contributed by atoms with Crippen LogP contribution in [-0.2, 0) is 0 Å². The summed E-state index contributed by atoms with van der Waals surface area (Å²) in [6, 6.07) is 18.8. The van der Waals surface area contributed by atoms with Crippen molar-refractivity contribution < 1.29 is 0 Å². The smallest absolute Gasteiger partial charge is 0.0566 e. The van der Waals surface area contributed by atoms with E-state index in [0.29, 0.717) is 6.04 Å². The van der Waals surface area contributed by atoms with Gasteiger partial charge in [0, 0.05) is 28.7 Å².